The minimum absolute atomic E-state index is 0.120. The first kappa shape index (κ1) is 20.2. The maximum atomic E-state index is 12.5. The first-order chi connectivity index (χ1) is 12.2. The topological polar surface area (TPSA) is 84.5 Å². The maximum Gasteiger partial charge on any atom is 0.241 e. The van der Waals surface area contributed by atoms with Gasteiger partial charge in [-0.3, -0.25) is 4.79 Å². The summed E-state index contributed by atoms with van der Waals surface area (Å²) in [6.45, 7) is 3.29. The van der Waals surface area contributed by atoms with Crippen molar-refractivity contribution >= 4 is 27.5 Å². The summed E-state index contributed by atoms with van der Waals surface area (Å²) in [6, 6.07) is 10.3. The predicted molar refractivity (Wildman–Crippen MR) is 101 cm³/mol. The molecule has 0 bridgehead atoms. The number of carbonyl (C=O) groups is 1. The smallest absolute Gasteiger partial charge is 0.241 e. The Morgan fingerprint density at radius 1 is 1.15 bits per heavy atom. The minimum atomic E-state index is -3.82. The number of benzene rings is 2. The molecule has 6 nitrogen and oxygen atoms in total. The fourth-order valence-electron chi connectivity index (χ4n) is 2.41. The van der Waals surface area contributed by atoms with Gasteiger partial charge in [0.15, 0.2) is 0 Å². The summed E-state index contributed by atoms with van der Waals surface area (Å²) in [6.07, 6.45) is 0. The van der Waals surface area contributed by atoms with Crippen molar-refractivity contribution in [3.05, 3.63) is 58.1 Å². The number of aryl methyl sites for hydroxylation is 2. The third-order valence-electron chi connectivity index (χ3n) is 3.84. The van der Waals surface area contributed by atoms with Gasteiger partial charge in [0.1, 0.15) is 5.75 Å². The number of carbonyl (C=O) groups excluding carboxylic acids is 1. The van der Waals surface area contributed by atoms with E-state index in [9.17, 15) is 13.2 Å². The predicted octanol–water partition coefficient (Wildman–Crippen LogP) is 2.56. The van der Waals surface area contributed by atoms with Crippen LogP contribution >= 0.6 is 11.6 Å². The van der Waals surface area contributed by atoms with Crippen LogP contribution in [0, 0.1) is 13.8 Å². The molecule has 1 amide bonds. The van der Waals surface area contributed by atoms with E-state index in [1.54, 1.807) is 38.1 Å². The zero-order chi connectivity index (χ0) is 19.3. The van der Waals surface area contributed by atoms with E-state index >= 15 is 0 Å². The summed E-state index contributed by atoms with van der Waals surface area (Å²) in [7, 11) is -2.29. The van der Waals surface area contributed by atoms with Crippen LogP contribution in [0.2, 0.25) is 5.02 Å². The molecule has 0 saturated carbocycles. The number of ether oxygens (including phenoxy) is 1. The summed E-state index contributed by atoms with van der Waals surface area (Å²) in [5.41, 5.74) is 1.99. The van der Waals surface area contributed by atoms with Gasteiger partial charge in [0.2, 0.25) is 15.9 Å². The zero-order valence-corrected chi connectivity index (χ0v) is 16.4. The van der Waals surface area contributed by atoms with Gasteiger partial charge >= 0.3 is 0 Å². The number of hydrogen-bond acceptors (Lipinski definition) is 4. The first-order valence-corrected chi connectivity index (χ1v) is 9.75. The highest BCUT2D eigenvalue weighted by atomic mass is 35.5. The lowest BCUT2D eigenvalue weighted by atomic mass is 10.1. The Balaban J connectivity index is 2.00. The lowest BCUT2D eigenvalue weighted by Crippen LogP contribution is -2.36. The Morgan fingerprint density at radius 2 is 1.85 bits per heavy atom. The van der Waals surface area contributed by atoms with Crippen molar-refractivity contribution in [1.29, 1.82) is 0 Å². The Labute approximate surface area is 158 Å². The molecule has 0 saturated heterocycles. The monoisotopic (exact) mass is 396 g/mol. The van der Waals surface area contributed by atoms with Gasteiger partial charge in [-0.05, 0) is 48.7 Å². The van der Waals surface area contributed by atoms with Gasteiger partial charge in [0.05, 0.1) is 18.6 Å². The van der Waals surface area contributed by atoms with E-state index in [1.165, 1.54) is 13.2 Å². The molecule has 2 rings (SSSR count). The Morgan fingerprint density at radius 3 is 2.50 bits per heavy atom. The van der Waals surface area contributed by atoms with Gasteiger partial charge in [-0.1, -0.05) is 29.8 Å². The van der Waals surface area contributed by atoms with Crippen molar-refractivity contribution in [1.82, 2.24) is 10.0 Å². The van der Waals surface area contributed by atoms with Crippen LogP contribution in [0.15, 0.2) is 41.3 Å². The van der Waals surface area contributed by atoms with Crippen molar-refractivity contribution < 1.29 is 17.9 Å². The second-order valence-corrected chi connectivity index (χ2v) is 7.92. The van der Waals surface area contributed by atoms with E-state index in [0.29, 0.717) is 21.9 Å². The first-order valence-electron chi connectivity index (χ1n) is 7.89. The average Bonchev–Trinajstić information content (AvgIpc) is 2.60. The highest BCUT2D eigenvalue weighted by Gasteiger charge is 2.19. The van der Waals surface area contributed by atoms with Gasteiger partial charge in [-0.2, -0.15) is 0 Å². The van der Waals surface area contributed by atoms with Gasteiger partial charge in [0, 0.05) is 11.6 Å². The van der Waals surface area contributed by atoms with Gasteiger partial charge in [-0.15, -0.1) is 0 Å². The highest BCUT2D eigenvalue weighted by Crippen LogP contribution is 2.25. The summed E-state index contributed by atoms with van der Waals surface area (Å²) in [5, 5.41) is 3.18. The van der Waals surface area contributed by atoms with Crippen molar-refractivity contribution in [2.24, 2.45) is 0 Å². The van der Waals surface area contributed by atoms with Crippen molar-refractivity contribution in [2.75, 3.05) is 13.7 Å². The molecule has 0 unspecified atom stereocenters. The molecule has 2 aromatic carbocycles. The van der Waals surface area contributed by atoms with E-state index in [-0.39, 0.29) is 18.0 Å². The number of rotatable bonds is 7. The largest absolute Gasteiger partial charge is 0.496 e. The molecule has 2 aromatic rings. The Hall–Kier alpha value is -2.09. The van der Waals surface area contributed by atoms with Crippen LogP contribution in [0.3, 0.4) is 0 Å². The van der Waals surface area contributed by atoms with Crippen molar-refractivity contribution in [3.63, 3.8) is 0 Å². The number of sulfonamides is 1. The molecule has 0 spiro atoms. The summed E-state index contributed by atoms with van der Waals surface area (Å²) < 4.78 is 32.5. The van der Waals surface area contributed by atoms with Crippen LogP contribution in [0.5, 0.6) is 5.75 Å². The molecule has 0 aromatic heterocycles. The number of halogens is 1. The molecule has 2 N–H and O–H groups in total. The van der Waals surface area contributed by atoms with Crippen molar-refractivity contribution in [3.8, 4) is 5.75 Å². The molecule has 0 heterocycles. The van der Waals surface area contributed by atoms with Gasteiger partial charge in [0.25, 0.3) is 0 Å². The van der Waals surface area contributed by atoms with E-state index < -0.39 is 15.9 Å². The fraction of sp³-hybridized carbons (Fsp3) is 0.278. The fourth-order valence-corrected chi connectivity index (χ4v) is 3.90. The standard InChI is InChI=1S/C18H21ClN2O4S/c1-12-9-17(13(2)8-16(12)25-3)26(23,24)21-11-18(22)20-10-14-6-4-5-7-15(14)19/h4-9,21H,10-11H2,1-3H3,(H,20,22). The highest BCUT2D eigenvalue weighted by molar-refractivity contribution is 7.89. The third kappa shape index (κ3) is 4.97. The average molecular weight is 397 g/mol. The molecule has 0 aliphatic rings. The molecule has 0 aliphatic heterocycles. The SMILES string of the molecule is COc1cc(C)c(S(=O)(=O)NCC(=O)NCc2ccccc2Cl)cc1C. The van der Waals surface area contributed by atoms with Crippen LogP contribution in [-0.4, -0.2) is 28.0 Å². The summed E-state index contributed by atoms with van der Waals surface area (Å²) >= 11 is 6.02. The number of nitrogens with one attached hydrogen (secondary N) is 2. The van der Waals surface area contributed by atoms with Crippen molar-refractivity contribution in [2.45, 2.75) is 25.3 Å². The van der Waals surface area contributed by atoms with E-state index in [0.717, 1.165) is 5.56 Å². The molecule has 140 valence electrons. The van der Waals surface area contributed by atoms with E-state index in [2.05, 4.69) is 10.0 Å². The molecule has 0 atom stereocenters. The normalized spacial score (nSPS) is 11.2. The van der Waals surface area contributed by atoms with Crippen LogP contribution in [0.4, 0.5) is 0 Å². The number of amides is 1. The van der Waals surface area contributed by atoms with Crippen LogP contribution in [0.25, 0.3) is 0 Å². The quantitative estimate of drug-likeness (QED) is 0.753. The second kappa shape index (κ2) is 8.53. The molecular formula is C18H21ClN2O4S. The molecule has 0 radical (unpaired) electrons. The maximum absolute atomic E-state index is 12.5. The van der Waals surface area contributed by atoms with E-state index in [4.69, 9.17) is 16.3 Å². The van der Waals surface area contributed by atoms with Gasteiger partial charge < -0.3 is 10.1 Å². The zero-order valence-electron chi connectivity index (χ0n) is 14.8. The molecular weight excluding hydrogens is 376 g/mol. The summed E-state index contributed by atoms with van der Waals surface area (Å²) in [4.78, 5) is 12.1. The van der Waals surface area contributed by atoms with E-state index in [1.807, 2.05) is 6.07 Å². The Kier molecular flexibility index (Phi) is 6.63. The third-order valence-corrected chi connectivity index (χ3v) is 5.75. The lowest BCUT2D eigenvalue weighted by Gasteiger charge is -2.13. The van der Waals surface area contributed by atoms with Crippen LogP contribution in [-0.2, 0) is 21.4 Å². The molecule has 26 heavy (non-hydrogen) atoms. The Bertz CT molecular complexity index is 913. The lowest BCUT2D eigenvalue weighted by molar-refractivity contribution is -0.120. The van der Waals surface area contributed by atoms with Crippen LogP contribution < -0.4 is 14.8 Å². The second-order valence-electron chi connectivity index (χ2n) is 5.78. The van der Waals surface area contributed by atoms with Gasteiger partial charge in [-0.25, -0.2) is 13.1 Å². The minimum Gasteiger partial charge on any atom is -0.496 e. The molecule has 0 aliphatic carbocycles. The number of hydrogen-bond donors (Lipinski definition) is 2. The number of methoxy groups -OCH3 is 1. The molecule has 0 fully saturated rings. The van der Waals surface area contributed by atoms with Crippen LogP contribution in [0.1, 0.15) is 16.7 Å². The summed E-state index contributed by atoms with van der Waals surface area (Å²) in [5.74, 6) is 0.162. The molecule has 8 heteroatoms.